The molecule has 2 heterocycles. The van der Waals surface area contributed by atoms with E-state index >= 15 is 0 Å². The number of hydrogen-bond donors (Lipinski definition) is 1. The van der Waals surface area contributed by atoms with Crippen LogP contribution in [0.15, 0.2) is 24.3 Å². The summed E-state index contributed by atoms with van der Waals surface area (Å²) in [6, 6.07) is 8.66. The van der Waals surface area contributed by atoms with Gasteiger partial charge in [0.25, 0.3) is 0 Å². The Balaban J connectivity index is 1.25. The summed E-state index contributed by atoms with van der Waals surface area (Å²) in [6.45, 7) is 3.93. The molecule has 1 aromatic rings. The summed E-state index contributed by atoms with van der Waals surface area (Å²) in [5.41, 5.74) is 2.84. The molecule has 0 aromatic heterocycles. The fraction of sp³-hybridized carbons (Fsp3) is 0.636. The van der Waals surface area contributed by atoms with Crippen molar-refractivity contribution in [3.05, 3.63) is 35.4 Å². The number of rotatable bonds is 3. The van der Waals surface area contributed by atoms with Crippen molar-refractivity contribution >= 4 is 11.9 Å². The Kier molecular flexibility index (Phi) is 5.65. The van der Waals surface area contributed by atoms with Crippen LogP contribution in [0.3, 0.4) is 0 Å². The molecule has 5 nitrogen and oxygen atoms in total. The first-order chi connectivity index (χ1) is 13.2. The largest absolute Gasteiger partial charge is 0.342 e. The Morgan fingerprint density at radius 2 is 1.67 bits per heavy atom. The van der Waals surface area contributed by atoms with Gasteiger partial charge in [0, 0.05) is 44.6 Å². The molecule has 2 aliphatic heterocycles. The van der Waals surface area contributed by atoms with Crippen molar-refractivity contribution in [3.63, 3.8) is 0 Å². The van der Waals surface area contributed by atoms with Gasteiger partial charge in [-0.3, -0.25) is 4.79 Å². The minimum atomic E-state index is 0.0325. The van der Waals surface area contributed by atoms with Gasteiger partial charge in [-0.25, -0.2) is 4.79 Å². The molecule has 0 radical (unpaired) electrons. The van der Waals surface area contributed by atoms with Crippen LogP contribution in [0.4, 0.5) is 4.79 Å². The highest BCUT2D eigenvalue weighted by atomic mass is 16.2. The molecule has 0 spiro atoms. The van der Waals surface area contributed by atoms with Crippen LogP contribution >= 0.6 is 0 Å². The van der Waals surface area contributed by atoms with Crippen LogP contribution in [0.5, 0.6) is 0 Å². The first-order valence-electron chi connectivity index (χ1n) is 10.6. The topological polar surface area (TPSA) is 52.7 Å². The van der Waals surface area contributed by atoms with Crippen molar-refractivity contribution in [3.8, 4) is 0 Å². The third-order valence-corrected chi connectivity index (χ3v) is 6.54. The number of urea groups is 1. The van der Waals surface area contributed by atoms with Gasteiger partial charge in [0.15, 0.2) is 0 Å². The third kappa shape index (κ3) is 4.12. The Bertz CT molecular complexity index is 676. The van der Waals surface area contributed by atoms with Gasteiger partial charge in [-0.1, -0.05) is 24.3 Å². The molecular weight excluding hydrogens is 338 g/mol. The highest BCUT2D eigenvalue weighted by Crippen LogP contribution is 2.31. The fourth-order valence-corrected chi connectivity index (χ4v) is 4.91. The predicted molar refractivity (Wildman–Crippen MR) is 106 cm³/mol. The standard InChI is InChI=1S/C22H31N3O2/c26-21(24-12-3-4-13-24)18-10-14-25(15-11-18)22(27)23-16-19-8-5-7-17-6-1-2-9-20(17)19/h1-2,6,9,18-19H,3-5,7-8,10-16H2,(H,23,27). The molecule has 0 saturated carbocycles. The van der Waals surface area contributed by atoms with Gasteiger partial charge >= 0.3 is 6.03 Å². The lowest BCUT2D eigenvalue weighted by Gasteiger charge is -2.34. The number of likely N-dealkylation sites (tertiary alicyclic amines) is 2. The van der Waals surface area contributed by atoms with Crippen LogP contribution in [-0.2, 0) is 11.2 Å². The molecule has 1 aliphatic carbocycles. The van der Waals surface area contributed by atoms with Gasteiger partial charge < -0.3 is 15.1 Å². The number of nitrogens with one attached hydrogen (secondary N) is 1. The summed E-state index contributed by atoms with van der Waals surface area (Å²) in [5.74, 6) is 0.844. The lowest BCUT2D eigenvalue weighted by atomic mass is 9.83. The summed E-state index contributed by atoms with van der Waals surface area (Å²) < 4.78 is 0. The van der Waals surface area contributed by atoms with Crippen molar-refractivity contribution in [2.24, 2.45) is 5.92 Å². The number of hydrogen-bond acceptors (Lipinski definition) is 2. The SMILES string of the molecule is O=C(NCC1CCCc2ccccc21)N1CCC(C(=O)N2CCCC2)CC1. The molecule has 3 amide bonds. The van der Waals surface area contributed by atoms with E-state index in [-0.39, 0.29) is 11.9 Å². The minimum absolute atomic E-state index is 0.0325. The van der Waals surface area contributed by atoms with Crippen LogP contribution in [0.25, 0.3) is 0 Å². The molecule has 1 aromatic carbocycles. The number of aryl methyl sites for hydroxylation is 1. The van der Waals surface area contributed by atoms with E-state index in [9.17, 15) is 9.59 Å². The molecule has 5 heteroatoms. The van der Waals surface area contributed by atoms with Crippen molar-refractivity contribution in [2.45, 2.75) is 50.9 Å². The second-order valence-corrected chi connectivity index (χ2v) is 8.27. The van der Waals surface area contributed by atoms with Crippen molar-refractivity contribution in [1.29, 1.82) is 0 Å². The van der Waals surface area contributed by atoms with Crippen LogP contribution in [0.1, 0.15) is 55.6 Å². The van der Waals surface area contributed by atoms with E-state index < -0.39 is 0 Å². The minimum Gasteiger partial charge on any atom is -0.342 e. The number of amides is 3. The number of piperidine rings is 1. The molecule has 1 unspecified atom stereocenters. The predicted octanol–water partition coefficient (Wildman–Crippen LogP) is 3.15. The van der Waals surface area contributed by atoms with Crippen molar-refractivity contribution in [1.82, 2.24) is 15.1 Å². The maximum atomic E-state index is 12.6. The first kappa shape index (κ1) is 18.3. The molecule has 1 N–H and O–H groups in total. The van der Waals surface area contributed by atoms with E-state index in [0.717, 1.165) is 51.6 Å². The quantitative estimate of drug-likeness (QED) is 0.890. The molecule has 4 rings (SSSR count). The Hall–Kier alpha value is -2.04. The molecule has 2 saturated heterocycles. The first-order valence-corrected chi connectivity index (χ1v) is 10.6. The van der Waals surface area contributed by atoms with Gasteiger partial charge in [0.05, 0.1) is 0 Å². The van der Waals surface area contributed by atoms with Gasteiger partial charge in [0.2, 0.25) is 5.91 Å². The number of carbonyl (C=O) groups is 2. The molecule has 0 bridgehead atoms. The molecule has 2 fully saturated rings. The normalized spacial score (nSPS) is 23.2. The molecule has 1 atom stereocenters. The lowest BCUT2D eigenvalue weighted by Crippen LogP contribution is -2.48. The lowest BCUT2D eigenvalue weighted by molar-refractivity contribution is -0.135. The molecular formula is C22H31N3O2. The van der Waals surface area contributed by atoms with Crippen molar-refractivity contribution in [2.75, 3.05) is 32.7 Å². The molecule has 146 valence electrons. The van der Waals surface area contributed by atoms with E-state index in [1.54, 1.807) is 0 Å². The van der Waals surface area contributed by atoms with E-state index in [1.165, 1.54) is 17.5 Å². The fourth-order valence-electron chi connectivity index (χ4n) is 4.91. The van der Waals surface area contributed by atoms with Crippen LogP contribution in [0.2, 0.25) is 0 Å². The highest BCUT2D eigenvalue weighted by Gasteiger charge is 2.31. The second kappa shape index (κ2) is 8.32. The van der Waals surface area contributed by atoms with Gasteiger partial charge in [-0.2, -0.15) is 0 Å². The van der Waals surface area contributed by atoms with E-state index in [2.05, 4.69) is 29.6 Å². The zero-order chi connectivity index (χ0) is 18.6. The van der Waals surface area contributed by atoms with Crippen LogP contribution < -0.4 is 5.32 Å². The van der Waals surface area contributed by atoms with E-state index in [0.29, 0.717) is 31.5 Å². The average molecular weight is 370 g/mol. The second-order valence-electron chi connectivity index (χ2n) is 8.27. The molecule has 27 heavy (non-hydrogen) atoms. The maximum absolute atomic E-state index is 12.6. The molecule has 3 aliphatic rings. The highest BCUT2D eigenvalue weighted by molar-refractivity contribution is 5.80. The number of fused-ring (bicyclic) bond motifs is 1. The summed E-state index contributed by atoms with van der Waals surface area (Å²) >= 11 is 0. The van der Waals surface area contributed by atoms with Gasteiger partial charge in [-0.05, 0) is 56.1 Å². The Labute approximate surface area is 162 Å². The number of benzene rings is 1. The number of nitrogens with zero attached hydrogens (tertiary/aromatic N) is 2. The maximum Gasteiger partial charge on any atom is 0.317 e. The van der Waals surface area contributed by atoms with E-state index in [1.807, 2.05) is 9.80 Å². The van der Waals surface area contributed by atoms with Gasteiger partial charge in [0.1, 0.15) is 0 Å². The summed E-state index contributed by atoms with van der Waals surface area (Å²) in [4.78, 5) is 29.0. The Morgan fingerprint density at radius 3 is 2.44 bits per heavy atom. The summed E-state index contributed by atoms with van der Waals surface area (Å²) in [7, 11) is 0. The third-order valence-electron chi connectivity index (χ3n) is 6.54. The Morgan fingerprint density at radius 1 is 0.926 bits per heavy atom. The summed E-state index contributed by atoms with van der Waals surface area (Å²) in [6.07, 6.45) is 7.36. The zero-order valence-corrected chi connectivity index (χ0v) is 16.2. The zero-order valence-electron chi connectivity index (χ0n) is 16.2. The van der Waals surface area contributed by atoms with Crippen LogP contribution in [-0.4, -0.2) is 54.5 Å². The van der Waals surface area contributed by atoms with Crippen molar-refractivity contribution < 1.29 is 9.59 Å². The summed E-state index contributed by atoms with van der Waals surface area (Å²) in [5, 5.41) is 3.15. The van der Waals surface area contributed by atoms with Gasteiger partial charge in [-0.15, -0.1) is 0 Å². The average Bonchev–Trinajstić information content (AvgIpc) is 3.26. The smallest absolute Gasteiger partial charge is 0.317 e. The number of carbonyl (C=O) groups excluding carboxylic acids is 2. The van der Waals surface area contributed by atoms with Crippen LogP contribution in [0, 0.1) is 5.92 Å². The van der Waals surface area contributed by atoms with E-state index in [4.69, 9.17) is 0 Å². The monoisotopic (exact) mass is 369 g/mol.